The van der Waals surface area contributed by atoms with E-state index in [2.05, 4.69) is 6.07 Å². The first kappa shape index (κ1) is 17.1. The zero-order valence-corrected chi connectivity index (χ0v) is 13.9. The molecule has 2 aromatic rings. The van der Waals surface area contributed by atoms with Crippen LogP contribution in [0.4, 0.5) is 0 Å². The van der Waals surface area contributed by atoms with Gasteiger partial charge in [-0.15, -0.1) is 11.8 Å². The van der Waals surface area contributed by atoms with E-state index < -0.39 is 18.0 Å². The number of benzene rings is 2. The molecule has 0 unspecified atom stereocenters. The van der Waals surface area contributed by atoms with E-state index in [0.29, 0.717) is 5.56 Å². The van der Waals surface area contributed by atoms with Crippen molar-refractivity contribution < 1.29 is 14.3 Å². The smallest absolute Gasteiger partial charge is 0.317 e. The predicted molar refractivity (Wildman–Crippen MR) is 91.1 cm³/mol. The van der Waals surface area contributed by atoms with Crippen molar-refractivity contribution in [2.45, 2.75) is 24.8 Å². The Balaban J connectivity index is 1.98. The molecule has 0 aliphatic heterocycles. The number of hydrogen-bond acceptors (Lipinski definition) is 4. The Kier molecular flexibility index (Phi) is 5.82. The summed E-state index contributed by atoms with van der Waals surface area (Å²) in [4.78, 5) is 24.6. The summed E-state index contributed by atoms with van der Waals surface area (Å²) in [5.74, 6) is -1.02. The normalized spacial score (nSPS) is 11.7. The van der Waals surface area contributed by atoms with E-state index in [1.807, 2.05) is 32.0 Å². The van der Waals surface area contributed by atoms with Crippen LogP contribution in [0.5, 0.6) is 0 Å². The van der Waals surface area contributed by atoms with Crippen molar-refractivity contribution >= 4 is 23.6 Å². The molecule has 120 valence electrons. The Hall–Kier alpha value is -2.27. The standard InChI is InChI=1S/C18H19NO3S/c1-12-8-9-15(13(2)10-12)23-11-16(20)22-17(18(19)21)14-6-4-3-5-7-14/h3-10,17H,11H2,1-2H3,(H2,19,21)/t17-/m1/s1. The van der Waals surface area contributed by atoms with Crippen LogP contribution in [0, 0.1) is 13.8 Å². The predicted octanol–water partition coefficient (Wildman–Crippen LogP) is 3.17. The third-order valence-electron chi connectivity index (χ3n) is 3.29. The number of esters is 1. The number of ether oxygens (including phenoxy) is 1. The highest BCUT2D eigenvalue weighted by atomic mass is 32.2. The zero-order valence-electron chi connectivity index (χ0n) is 13.1. The van der Waals surface area contributed by atoms with Crippen LogP contribution in [0.25, 0.3) is 0 Å². The van der Waals surface area contributed by atoms with Crippen LogP contribution >= 0.6 is 11.8 Å². The molecule has 1 amide bonds. The van der Waals surface area contributed by atoms with Gasteiger partial charge in [0.25, 0.3) is 5.91 Å². The molecule has 2 N–H and O–H groups in total. The van der Waals surface area contributed by atoms with Gasteiger partial charge in [-0.2, -0.15) is 0 Å². The molecule has 0 heterocycles. The van der Waals surface area contributed by atoms with Gasteiger partial charge in [0.05, 0.1) is 5.75 Å². The summed E-state index contributed by atoms with van der Waals surface area (Å²) >= 11 is 1.39. The molecule has 0 aliphatic carbocycles. The average Bonchev–Trinajstić information content (AvgIpc) is 2.52. The van der Waals surface area contributed by atoms with Crippen molar-refractivity contribution in [1.29, 1.82) is 0 Å². The molecular weight excluding hydrogens is 310 g/mol. The van der Waals surface area contributed by atoms with Gasteiger partial charge in [0.1, 0.15) is 0 Å². The highest BCUT2D eigenvalue weighted by molar-refractivity contribution is 8.00. The number of thioether (sulfide) groups is 1. The second-order valence-electron chi connectivity index (χ2n) is 5.24. The van der Waals surface area contributed by atoms with Crippen LogP contribution < -0.4 is 5.73 Å². The molecule has 1 atom stereocenters. The monoisotopic (exact) mass is 329 g/mol. The molecule has 4 nitrogen and oxygen atoms in total. The molecule has 0 saturated heterocycles. The second-order valence-corrected chi connectivity index (χ2v) is 6.26. The Labute approximate surface area is 140 Å². The number of carbonyl (C=O) groups is 2. The molecule has 0 saturated carbocycles. The Morgan fingerprint density at radius 1 is 1.13 bits per heavy atom. The Morgan fingerprint density at radius 3 is 2.43 bits per heavy atom. The van der Waals surface area contributed by atoms with E-state index in [1.165, 1.54) is 17.3 Å². The highest BCUT2D eigenvalue weighted by Crippen LogP contribution is 2.24. The quantitative estimate of drug-likeness (QED) is 0.653. The summed E-state index contributed by atoms with van der Waals surface area (Å²) in [5.41, 5.74) is 8.20. The topological polar surface area (TPSA) is 69.4 Å². The lowest BCUT2D eigenvalue weighted by Gasteiger charge is -2.15. The summed E-state index contributed by atoms with van der Waals surface area (Å²) in [6.07, 6.45) is -1.05. The number of hydrogen-bond donors (Lipinski definition) is 1. The fourth-order valence-corrected chi connectivity index (χ4v) is 2.97. The third kappa shape index (κ3) is 4.86. The second kappa shape index (κ2) is 7.83. The van der Waals surface area contributed by atoms with Gasteiger partial charge >= 0.3 is 5.97 Å². The SMILES string of the molecule is Cc1ccc(SCC(=O)O[C@@H](C(N)=O)c2ccccc2)c(C)c1. The maximum Gasteiger partial charge on any atom is 0.317 e. The van der Waals surface area contributed by atoms with Gasteiger partial charge in [-0.1, -0.05) is 48.0 Å². The molecular formula is C18H19NO3S. The van der Waals surface area contributed by atoms with Crippen LogP contribution in [-0.2, 0) is 14.3 Å². The number of amides is 1. The minimum absolute atomic E-state index is 0.126. The van der Waals surface area contributed by atoms with Crippen molar-refractivity contribution in [2.75, 3.05) is 5.75 Å². The first-order valence-electron chi connectivity index (χ1n) is 7.21. The fourth-order valence-electron chi connectivity index (χ4n) is 2.18. The lowest BCUT2D eigenvalue weighted by molar-refractivity contribution is -0.152. The van der Waals surface area contributed by atoms with Gasteiger partial charge in [0.2, 0.25) is 6.10 Å². The summed E-state index contributed by atoms with van der Waals surface area (Å²) in [6, 6.07) is 14.8. The van der Waals surface area contributed by atoms with Crippen LogP contribution in [0.1, 0.15) is 22.8 Å². The number of primary amides is 1. The van der Waals surface area contributed by atoms with Crippen molar-refractivity contribution in [3.05, 3.63) is 65.2 Å². The van der Waals surface area contributed by atoms with Crippen molar-refractivity contribution in [2.24, 2.45) is 5.73 Å². The van der Waals surface area contributed by atoms with Gasteiger partial charge < -0.3 is 10.5 Å². The molecule has 2 aromatic carbocycles. The number of carbonyl (C=O) groups excluding carboxylic acids is 2. The maximum atomic E-state index is 12.0. The average molecular weight is 329 g/mol. The zero-order chi connectivity index (χ0) is 16.8. The number of aryl methyl sites for hydroxylation is 2. The van der Waals surface area contributed by atoms with Crippen LogP contribution in [0.3, 0.4) is 0 Å². The minimum Gasteiger partial charge on any atom is -0.447 e. The molecule has 2 rings (SSSR count). The van der Waals surface area contributed by atoms with Gasteiger partial charge in [0, 0.05) is 10.5 Å². The molecule has 0 aliphatic rings. The van der Waals surface area contributed by atoms with Crippen molar-refractivity contribution in [3.63, 3.8) is 0 Å². The van der Waals surface area contributed by atoms with Gasteiger partial charge in [-0.3, -0.25) is 9.59 Å². The molecule has 0 bridgehead atoms. The molecule has 0 radical (unpaired) electrons. The lowest BCUT2D eigenvalue weighted by atomic mass is 10.1. The van der Waals surface area contributed by atoms with E-state index in [1.54, 1.807) is 24.3 Å². The minimum atomic E-state index is -1.05. The molecule has 0 spiro atoms. The number of rotatable bonds is 6. The first-order valence-corrected chi connectivity index (χ1v) is 8.19. The summed E-state index contributed by atoms with van der Waals surface area (Å²) in [7, 11) is 0. The highest BCUT2D eigenvalue weighted by Gasteiger charge is 2.22. The molecule has 23 heavy (non-hydrogen) atoms. The number of nitrogens with two attached hydrogens (primary N) is 1. The van der Waals surface area contributed by atoms with E-state index in [4.69, 9.17) is 10.5 Å². The van der Waals surface area contributed by atoms with E-state index in [0.717, 1.165) is 10.5 Å². The first-order chi connectivity index (χ1) is 11.0. The van der Waals surface area contributed by atoms with Crippen molar-refractivity contribution in [1.82, 2.24) is 0 Å². The van der Waals surface area contributed by atoms with Gasteiger partial charge in [-0.05, 0) is 25.5 Å². The Bertz CT molecular complexity index is 701. The summed E-state index contributed by atoms with van der Waals surface area (Å²) in [6.45, 7) is 4.02. The lowest BCUT2D eigenvalue weighted by Crippen LogP contribution is -2.26. The van der Waals surface area contributed by atoms with Crippen LogP contribution in [0.15, 0.2) is 53.4 Å². The summed E-state index contributed by atoms with van der Waals surface area (Å²) in [5, 5.41) is 0. The van der Waals surface area contributed by atoms with Gasteiger partial charge in [0.15, 0.2) is 0 Å². The van der Waals surface area contributed by atoms with E-state index in [9.17, 15) is 9.59 Å². The van der Waals surface area contributed by atoms with Crippen LogP contribution in [-0.4, -0.2) is 17.6 Å². The van der Waals surface area contributed by atoms with Crippen LogP contribution in [0.2, 0.25) is 0 Å². The largest absolute Gasteiger partial charge is 0.447 e. The summed E-state index contributed by atoms with van der Waals surface area (Å²) < 4.78 is 5.25. The molecule has 0 fully saturated rings. The Morgan fingerprint density at radius 2 is 1.83 bits per heavy atom. The molecule has 0 aromatic heterocycles. The van der Waals surface area contributed by atoms with E-state index in [-0.39, 0.29) is 5.75 Å². The van der Waals surface area contributed by atoms with E-state index >= 15 is 0 Å². The fraction of sp³-hybridized carbons (Fsp3) is 0.222. The maximum absolute atomic E-state index is 12.0. The molecule has 5 heteroatoms. The van der Waals surface area contributed by atoms with Crippen molar-refractivity contribution in [3.8, 4) is 0 Å². The third-order valence-corrected chi connectivity index (χ3v) is 4.44. The van der Waals surface area contributed by atoms with Gasteiger partial charge in [-0.25, -0.2) is 0 Å².